The van der Waals surface area contributed by atoms with Crippen molar-refractivity contribution in [3.05, 3.63) is 84.3 Å². The minimum Gasteiger partial charge on any atom is -0.455 e. The molecule has 0 aliphatic carbocycles. The smallest absolute Gasteiger partial charge is 0.286 e. The molecule has 0 saturated heterocycles. The molecule has 0 saturated carbocycles. The Bertz CT molecular complexity index is 1430. The lowest BCUT2D eigenvalue weighted by atomic mass is 9.96. The van der Waals surface area contributed by atoms with Gasteiger partial charge in [0.1, 0.15) is 23.1 Å². The van der Waals surface area contributed by atoms with Crippen molar-refractivity contribution in [1.82, 2.24) is 4.98 Å². The van der Waals surface area contributed by atoms with Crippen LogP contribution in [-0.4, -0.2) is 4.98 Å². The first-order chi connectivity index (χ1) is 14.2. The summed E-state index contributed by atoms with van der Waals surface area (Å²) in [7, 11) is 1.98. The van der Waals surface area contributed by atoms with E-state index in [9.17, 15) is 5.26 Å². The maximum atomic E-state index is 9.73. The molecule has 0 atom stereocenters. The van der Waals surface area contributed by atoms with Crippen molar-refractivity contribution >= 4 is 21.9 Å². The molecular weight excluding hydrogens is 358 g/mol. The van der Waals surface area contributed by atoms with Crippen molar-refractivity contribution in [3.8, 4) is 28.5 Å². The van der Waals surface area contributed by atoms with Crippen LogP contribution >= 0.6 is 0 Å². The summed E-state index contributed by atoms with van der Waals surface area (Å²) in [5.41, 5.74) is 7.19. The van der Waals surface area contributed by atoms with Crippen LogP contribution in [0, 0.1) is 18.3 Å². The van der Waals surface area contributed by atoms with Crippen molar-refractivity contribution in [2.75, 3.05) is 0 Å². The summed E-state index contributed by atoms with van der Waals surface area (Å²) in [6.07, 6.45) is 3.58. The monoisotopic (exact) mass is 376 g/mol. The minimum atomic E-state index is 0.607. The van der Waals surface area contributed by atoms with Crippen molar-refractivity contribution in [2.24, 2.45) is 7.05 Å². The molecule has 3 aromatic carbocycles. The highest BCUT2D eigenvalue weighted by Gasteiger charge is 2.21. The number of aryl methyl sites for hydroxylation is 2. The first-order valence-corrected chi connectivity index (χ1v) is 9.43. The van der Waals surface area contributed by atoms with E-state index in [-0.39, 0.29) is 0 Å². The highest BCUT2D eigenvalue weighted by molar-refractivity contribution is 6.13. The zero-order chi connectivity index (χ0) is 20.0. The second-order valence-corrected chi connectivity index (χ2v) is 7.16. The van der Waals surface area contributed by atoms with Crippen LogP contribution in [0.15, 0.2) is 77.6 Å². The molecule has 0 unspecified atom stereocenters. The molecule has 5 rings (SSSR count). The van der Waals surface area contributed by atoms with Gasteiger partial charge in [-0.2, -0.15) is 5.26 Å². The van der Waals surface area contributed by atoms with E-state index in [1.807, 2.05) is 60.1 Å². The lowest BCUT2D eigenvalue weighted by molar-refractivity contribution is -0.663. The van der Waals surface area contributed by atoms with Gasteiger partial charge in [0.15, 0.2) is 0 Å². The fraction of sp³-hybridized carbons (Fsp3) is 0.0800. The maximum absolute atomic E-state index is 9.73. The van der Waals surface area contributed by atoms with Crippen molar-refractivity contribution in [2.45, 2.75) is 6.92 Å². The maximum Gasteiger partial charge on any atom is 0.286 e. The topological polar surface area (TPSA) is 53.7 Å². The Morgan fingerprint density at radius 3 is 2.34 bits per heavy atom. The predicted molar refractivity (Wildman–Crippen MR) is 113 cm³/mol. The number of fused-ring (bicyclic) bond motifs is 3. The Morgan fingerprint density at radius 1 is 0.897 bits per heavy atom. The molecule has 0 radical (unpaired) electrons. The summed E-state index contributed by atoms with van der Waals surface area (Å²) in [5.74, 6) is 0. The highest BCUT2D eigenvalue weighted by atomic mass is 16.3. The van der Waals surface area contributed by atoms with Crippen LogP contribution in [0.25, 0.3) is 44.3 Å². The molecule has 2 aromatic heterocycles. The largest absolute Gasteiger partial charge is 0.455 e. The SMILES string of the molecule is Cc1ccc2c(oc3c(-c4ccccc4)c(C#N)ccc32)c1-c1ccnc[n+]1C. The zero-order valence-electron chi connectivity index (χ0n) is 16.2. The van der Waals surface area contributed by atoms with Crippen LogP contribution in [0.5, 0.6) is 0 Å². The molecule has 2 heterocycles. The highest BCUT2D eigenvalue weighted by Crippen LogP contribution is 2.41. The average Bonchev–Trinajstić information content (AvgIpc) is 3.13. The van der Waals surface area contributed by atoms with Crippen LogP contribution in [0.4, 0.5) is 0 Å². The molecule has 0 bridgehead atoms. The van der Waals surface area contributed by atoms with Gasteiger partial charge in [0, 0.05) is 22.4 Å². The van der Waals surface area contributed by atoms with E-state index in [1.54, 1.807) is 12.5 Å². The Morgan fingerprint density at radius 2 is 1.62 bits per heavy atom. The summed E-state index contributed by atoms with van der Waals surface area (Å²) >= 11 is 0. The third kappa shape index (κ3) is 2.60. The van der Waals surface area contributed by atoms with Gasteiger partial charge in [-0.1, -0.05) is 47.4 Å². The van der Waals surface area contributed by atoms with E-state index in [0.29, 0.717) is 5.56 Å². The normalized spacial score (nSPS) is 11.1. The van der Waals surface area contributed by atoms with Crippen molar-refractivity contribution in [3.63, 3.8) is 0 Å². The van der Waals surface area contributed by atoms with E-state index < -0.39 is 0 Å². The number of hydrogen-bond acceptors (Lipinski definition) is 3. The number of benzene rings is 3. The Labute approximate surface area is 168 Å². The number of nitriles is 1. The van der Waals surface area contributed by atoms with Gasteiger partial charge < -0.3 is 4.42 Å². The zero-order valence-corrected chi connectivity index (χ0v) is 16.2. The third-order valence-electron chi connectivity index (χ3n) is 5.40. The Hall–Kier alpha value is -3.97. The van der Waals surface area contributed by atoms with E-state index in [0.717, 1.165) is 49.9 Å². The van der Waals surface area contributed by atoms with Gasteiger partial charge in [0.2, 0.25) is 0 Å². The van der Waals surface area contributed by atoms with Crippen molar-refractivity contribution in [1.29, 1.82) is 5.26 Å². The number of nitrogens with zero attached hydrogens (tertiary/aromatic N) is 3. The van der Waals surface area contributed by atoms with Gasteiger partial charge in [-0.05, 0) is 30.2 Å². The lowest BCUT2D eigenvalue weighted by Gasteiger charge is -2.06. The van der Waals surface area contributed by atoms with Gasteiger partial charge in [0.25, 0.3) is 6.33 Å². The van der Waals surface area contributed by atoms with Gasteiger partial charge in [0.05, 0.1) is 24.2 Å². The second-order valence-electron chi connectivity index (χ2n) is 7.16. The molecule has 5 aromatic rings. The van der Waals surface area contributed by atoms with Gasteiger partial charge in [-0.3, -0.25) is 0 Å². The summed E-state index contributed by atoms with van der Waals surface area (Å²) < 4.78 is 8.51. The fourth-order valence-electron chi connectivity index (χ4n) is 4.00. The van der Waals surface area contributed by atoms with Crippen LogP contribution < -0.4 is 4.57 Å². The van der Waals surface area contributed by atoms with Gasteiger partial charge >= 0.3 is 0 Å². The number of aromatic nitrogens is 2. The van der Waals surface area contributed by atoms with Gasteiger partial charge in [-0.15, -0.1) is 0 Å². The molecule has 29 heavy (non-hydrogen) atoms. The quantitative estimate of drug-likeness (QED) is 0.392. The average molecular weight is 376 g/mol. The van der Waals surface area contributed by atoms with Crippen LogP contribution in [0.3, 0.4) is 0 Å². The van der Waals surface area contributed by atoms with E-state index in [2.05, 4.69) is 30.1 Å². The van der Waals surface area contributed by atoms with E-state index in [1.165, 1.54) is 0 Å². The molecule has 0 aliphatic rings. The standard InChI is InChI=1S/C25H18N3O/c1-16-8-10-19-20-11-9-18(14-26)23(17-6-4-3-5-7-17)25(20)29-24(19)22(16)21-12-13-27-15-28(21)2/h3-13,15H,1-2H3/q+1. The number of rotatable bonds is 2. The third-order valence-corrected chi connectivity index (χ3v) is 5.40. The molecule has 4 heteroatoms. The Balaban J connectivity index is 1.94. The summed E-state index contributed by atoms with van der Waals surface area (Å²) in [5, 5.41) is 11.8. The van der Waals surface area contributed by atoms with E-state index >= 15 is 0 Å². The molecule has 4 nitrogen and oxygen atoms in total. The lowest BCUT2D eigenvalue weighted by Crippen LogP contribution is -2.31. The molecular formula is C25H18N3O+. The summed E-state index contributed by atoms with van der Waals surface area (Å²) in [4.78, 5) is 4.20. The molecule has 0 amide bonds. The molecule has 0 N–H and O–H groups in total. The summed E-state index contributed by atoms with van der Waals surface area (Å²) in [6.45, 7) is 2.08. The van der Waals surface area contributed by atoms with Crippen molar-refractivity contribution < 1.29 is 8.98 Å². The first kappa shape index (κ1) is 17.2. The van der Waals surface area contributed by atoms with Crippen LogP contribution in [0.2, 0.25) is 0 Å². The number of furan rings is 1. The number of hydrogen-bond donors (Lipinski definition) is 0. The predicted octanol–water partition coefficient (Wildman–Crippen LogP) is 5.32. The molecule has 0 fully saturated rings. The van der Waals surface area contributed by atoms with Gasteiger partial charge in [-0.25, -0.2) is 4.57 Å². The first-order valence-electron chi connectivity index (χ1n) is 9.43. The molecule has 0 aliphatic heterocycles. The second kappa shape index (κ2) is 6.57. The van der Waals surface area contributed by atoms with E-state index in [4.69, 9.17) is 4.42 Å². The Kier molecular flexibility index (Phi) is 3.89. The molecule has 0 spiro atoms. The fourth-order valence-corrected chi connectivity index (χ4v) is 4.00. The van der Waals surface area contributed by atoms with Crippen LogP contribution in [0.1, 0.15) is 11.1 Å². The van der Waals surface area contributed by atoms with Crippen LogP contribution in [-0.2, 0) is 7.05 Å². The molecule has 138 valence electrons. The summed E-state index contributed by atoms with van der Waals surface area (Å²) in [6, 6.07) is 22.3. The minimum absolute atomic E-state index is 0.607.